The number of aromatic nitrogens is 3. The SMILES string of the molecule is CCCOC(=O)CN1CCC(Cc2cccc(Nc3nccc(-c4ccc(NCCCN)nc4)n3)c2)CC1. The van der Waals surface area contributed by atoms with Crippen LogP contribution in [0.15, 0.2) is 54.9 Å². The van der Waals surface area contributed by atoms with Gasteiger partial charge in [-0.3, -0.25) is 9.69 Å². The number of nitrogens with zero attached hydrogens (tertiary/aromatic N) is 4. The Morgan fingerprint density at radius 2 is 2.03 bits per heavy atom. The van der Waals surface area contributed by atoms with Gasteiger partial charge < -0.3 is 21.1 Å². The Bertz CT molecular complexity index is 1150. The lowest BCUT2D eigenvalue weighted by Gasteiger charge is -2.31. The molecule has 0 unspecified atom stereocenters. The summed E-state index contributed by atoms with van der Waals surface area (Å²) >= 11 is 0. The van der Waals surface area contributed by atoms with Crippen molar-refractivity contribution in [1.82, 2.24) is 19.9 Å². The van der Waals surface area contributed by atoms with Crippen LogP contribution in [0, 0.1) is 5.92 Å². The molecule has 2 aromatic heterocycles. The molecule has 202 valence electrons. The predicted molar refractivity (Wildman–Crippen MR) is 151 cm³/mol. The van der Waals surface area contributed by atoms with Crippen LogP contribution in [-0.2, 0) is 16.0 Å². The molecule has 1 aliphatic rings. The number of nitrogens with two attached hydrogens (primary N) is 1. The van der Waals surface area contributed by atoms with Gasteiger partial charge >= 0.3 is 5.97 Å². The van der Waals surface area contributed by atoms with Crippen LogP contribution in [0.25, 0.3) is 11.3 Å². The van der Waals surface area contributed by atoms with Gasteiger partial charge in [-0.1, -0.05) is 19.1 Å². The largest absolute Gasteiger partial charge is 0.465 e. The van der Waals surface area contributed by atoms with Crippen LogP contribution in [0.3, 0.4) is 0 Å². The average molecular weight is 518 g/mol. The smallest absolute Gasteiger partial charge is 0.320 e. The summed E-state index contributed by atoms with van der Waals surface area (Å²) in [5.74, 6) is 1.87. The second kappa shape index (κ2) is 14.4. The number of hydrogen-bond acceptors (Lipinski definition) is 9. The molecule has 1 fully saturated rings. The molecule has 3 aromatic rings. The van der Waals surface area contributed by atoms with Crippen LogP contribution < -0.4 is 16.4 Å². The zero-order valence-electron chi connectivity index (χ0n) is 22.2. The van der Waals surface area contributed by atoms with E-state index in [2.05, 4.69) is 43.7 Å². The molecule has 1 aliphatic heterocycles. The maximum Gasteiger partial charge on any atom is 0.320 e. The number of nitrogens with one attached hydrogen (secondary N) is 2. The van der Waals surface area contributed by atoms with Crippen molar-refractivity contribution >= 4 is 23.4 Å². The fourth-order valence-corrected chi connectivity index (χ4v) is 4.58. The maximum absolute atomic E-state index is 11.9. The van der Waals surface area contributed by atoms with Crippen LogP contribution in [0.4, 0.5) is 17.5 Å². The van der Waals surface area contributed by atoms with Crippen LogP contribution in [0.1, 0.15) is 38.2 Å². The van der Waals surface area contributed by atoms with Gasteiger partial charge in [0.05, 0.1) is 18.8 Å². The summed E-state index contributed by atoms with van der Waals surface area (Å²) in [4.78, 5) is 27.7. The van der Waals surface area contributed by atoms with E-state index in [1.54, 1.807) is 6.20 Å². The molecular formula is C29H39N7O2. The predicted octanol–water partition coefficient (Wildman–Crippen LogP) is 4.25. The van der Waals surface area contributed by atoms with Crippen LogP contribution >= 0.6 is 0 Å². The van der Waals surface area contributed by atoms with Gasteiger partial charge in [0.25, 0.3) is 0 Å². The monoisotopic (exact) mass is 517 g/mol. The number of hydrogen-bond donors (Lipinski definition) is 3. The molecule has 0 saturated carbocycles. The highest BCUT2D eigenvalue weighted by Gasteiger charge is 2.21. The van der Waals surface area contributed by atoms with Crippen molar-refractivity contribution in [2.45, 2.75) is 39.0 Å². The Morgan fingerprint density at radius 3 is 2.79 bits per heavy atom. The second-order valence-corrected chi connectivity index (χ2v) is 9.74. The molecule has 0 atom stereocenters. The molecule has 38 heavy (non-hydrogen) atoms. The van der Waals surface area contributed by atoms with Crippen molar-refractivity contribution in [3.8, 4) is 11.3 Å². The van der Waals surface area contributed by atoms with Gasteiger partial charge in [0.15, 0.2) is 0 Å². The molecule has 9 nitrogen and oxygen atoms in total. The first-order valence-electron chi connectivity index (χ1n) is 13.6. The van der Waals surface area contributed by atoms with Crippen molar-refractivity contribution in [3.05, 3.63) is 60.4 Å². The molecule has 3 heterocycles. The molecule has 0 amide bonds. The maximum atomic E-state index is 11.9. The number of benzene rings is 1. The van der Waals surface area contributed by atoms with Gasteiger partial charge in [-0.2, -0.15) is 0 Å². The number of rotatable bonds is 13. The van der Waals surface area contributed by atoms with E-state index in [0.717, 1.165) is 74.5 Å². The van der Waals surface area contributed by atoms with Crippen LogP contribution in [0.2, 0.25) is 0 Å². The highest BCUT2D eigenvalue weighted by molar-refractivity contribution is 5.71. The number of pyridine rings is 1. The summed E-state index contributed by atoms with van der Waals surface area (Å²) in [7, 11) is 0. The lowest BCUT2D eigenvalue weighted by molar-refractivity contribution is -0.145. The number of ether oxygens (including phenoxy) is 1. The molecule has 4 rings (SSSR count). The van der Waals surface area contributed by atoms with E-state index in [4.69, 9.17) is 15.5 Å². The lowest BCUT2D eigenvalue weighted by Crippen LogP contribution is -2.38. The van der Waals surface area contributed by atoms with E-state index in [1.807, 2.05) is 37.4 Å². The number of piperidine rings is 1. The first kappa shape index (κ1) is 27.5. The summed E-state index contributed by atoms with van der Waals surface area (Å²) in [6, 6.07) is 14.3. The average Bonchev–Trinajstić information content (AvgIpc) is 2.94. The molecular weight excluding hydrogens is 478 g/mol. The van der Waals surface area contributed by atoms with Gasteiger partial charge in [-0.15, -0.1) is 0 Å². The van der Waals surface area contributed by atoms with Crippen molar-refractivity contribution in [2.24, 2.45) is 11.7 Å². The van der Waals surface area contributed by atoms with Gasteiger partial charge in [-0.05, 0) is 93.6 Å². The van der Waals surface area contributed by atoms with Crippen molar-refractivity contribution in [2.75, 3.05) is 50.0 Å². The quantitative estimate of drug-likeness (QED) is 0.226. The van der Waals surface area contributed by atoms with Gasteiger partial charge in [0.1, 0.15) is 5.82 Å². The van der Waals surface area contributed by atoms with Crippen LogP contribution in [-0.4, -0.2) is 65.2 Å². The summed E-state index contributed by atoms with van der Waals surface area (Å²) in [5, 5.41) is 6.62. The Morgan fingerprint density at radius 1 is 1.16 bits per heavy atom. The minimum absolute atomic E-state index is 0.112. The molecule has 0 bridgehead atoms. The number of likely N-dealkylation sites (tertiary alicyclic amines) is 1. The van der Waals surface area contributed by atoms with Gasteiger partial charge in [-0.25, -0.2) is 15.0 Å². The number of carbonyl (C=O) groups excluding carboxylic acids is 1. The minimum atomic E-state index is -0.112. The molecule has 4 N–H and O–H groups in total. The summed E-state index contributed by atoms with van der Waals surface area (Å²) < 4.78 is 5.23. The third-order valence-electron chi connectivity index (χ3n) is 6.64. The molecule has 1 saturated heterocycles. The first-order chi connectivity index (χ1) is 18.6. The molecule has 1 aromatic carbocycles. The number of esters is 1. The summed E-state index contributed by atoms with van der Waals surface area (Å²) in [5.41, 5.74) is 9.54. The van der Waals surface area contributed by atoms with Gasteiger partial charge in [0.2, 0.25) is 5.95 Å². The Balaban J connectivity index is 1.30. The van der Waals surface area contributed by atoms with Gasteiger partial charge in [0, 0.05) is 30.2 Å². The third-order valence-corrected chi connectivity index (χ3v) is 6.64. The summed E-state index contributed by atoms with van der Waals surface area (Å²) in [6.07, 6.45) is 8.52. The van der Waals surface area contributed by atoms with Crippen molar-refractivity contribution in [1.29, 1.82) is 0 Å². The standard InChI is InChI=1S/C29H39N7O2/c1-2-17-38-28(37)21-36-15-10-22(11-16-36)18-23-5-3-6-25(19-23)34-29-32-14-9-26(35-29)24-7-8-27(33-20-24)31-13-4-12-30/h3,5-9,14,19-20,22H,2,4,10-13,15-18,21,30H2,1H3,(H,31,33)(H,32,34,35). The Kier molecular flexibility index (Phi) is 10.4. The van der Waals surface area contributed by atoms with Crippen molar-refractivity contribution in [3.63, 3.8) is 0 Å². The molecule has 9 heteroatoms. The Labute approximate surface area is 225 Å². The van der Waals surface area contributed by atoms with E-state index < -0.39 is 0 Å². The molecule has 0 spiro atoms. The van der Waals surface area contributed by atoms with E-state index in [0.29, 0.717) is 31.6 Å². The second-order valence-electron chi connectivity index (χ2n) is 9.74. The molecule has 0 radical (unpaired) electrons. The highest BCUT2D eigenvalue weighted by Crippen LogP contribution is 2.25. The summed E-state index contributed by atoms with van der Waals surface area (Å²) in [6.45, 7) is 6.24. The fraction of sp³-hybridized carbons (Fsp3) is 0.448. The topological polar surface area (TPSA) is 118 Å². The van der Waals surface area contributed by atoms with E-state index in [-0.39, 0.29) is 5.97 Å². The first-order valence-corrected chi connectivity index (χ1v) is 13.6. The van der Waals surface area contributed by atoms with E-state index in [1.165, 1.54) is 5.56 Å². The highest BCUT2D eigenvalue weighted by atomic mass is 16.5. The lowest BCUT2D eigenvalue weighted by atomic mass is 9.90. The van der Waals surface area contributed by atoms with Crippen LogP contribution in [0.5, 0.6) is 0 Å². The zero-order chi connectivity index (χ0) is 26.6. The zero-order valence-corrected chi connectivity index (χ0v) is 22.2. The normalized spacial score (nSPS) is 14.3. The number of carbonyl (C=O) groups is 1. The van der Waals surface area contributed by atoms with Crippen molar-refractivity contribution < 1.29 is 9.53 Å². The fourth-order valence-electron chi connectivity index (χ4n) is 4.58. The minimum Gasteiger partial charge on any atom is -0.465 e. The Hall–Kier alpha value is -3.56. The van der Waals surface area contributed by atoms with E-state index in [9.17, 15) is 4.79 Å². The third kappa shape index (κ3) is 8.49. The number of anilines is 3. The van der Waals surface area contributed by atoms with E-state index >= 15 is 0 Å². The molecule has 0 aliphatic carbocycles.